The van der Waals surface area contributed by atoms with E-state index in [0.717, 1.165) is 12.1 Å². The van der Waals surface area contributed by atoms with Crippen LogP contribution in [0.15, 0.2) is 41.6 Å². The zero-order valence-corrected chi connectivity index (χ0v) is 16.2. The molecule has 0 amide bonds. The average Bonchev–Trinajstić information content (AvgIpc) is 3.19. The molecule has 1 aromatic heterocycles. The zero-order chi connectivity index (χ0) is 22.0. The first kappa shape index (κ1) is 20.9. The number of rotatable bonds is 6. The van der Waals surface area contributed by atoms with Crippen LogP contribution in [0.4, 0.5) is 18.9 Å². The standard InChI is InChI=1S/C17H12F3N5O5S/c18-17(19,20)30-14-3-1-12(2-4-14)24-16(21-22-23-24)31-8-11-6-13(25(26)27)5-10-7-28-9-29-15(10)11/h1-6H,7-9H2. The fraction of sp³-hybridized carbons (Fsp3) is 0.235. The molecule has 0 radical (unpaired) electrons. The number of thioether (sulfide) groups is 1. The van der Waals surface area contributed by atoms with E-state index < -0.39 is 11.3 Å². The van der Waals surface area contributed by atoms with Crippen LogP contribution < -0.4 is 9.47 Å². The summed E-state index contributed by atoms with van der Waals surface area (Å²) >= 11 is 1.18. The van der Waals surface area contributed by atoms with E-state index in [0.29, 0.717) is 27.7 Å². The lowest BCUT2D eigenvalue weighted by Crippen LogP contribution is -2.17. The normalized spacial score (nSPS) is 13.4. The number of benzene rings is 2. The van der Waals surface area contributed by atoms with Gasteiger partial charge in [0.15, 0.2) is 6.79 Å². The van der Waals surface area contributed by atoms with Gasteiger partial charge in [-0.1, -0.05) is 11.8 Å². The number of nitrogens with zero attached hydrogens (tertiary/aromatic N) is 5. The molecule has 0 spiro atoms. The molecule has 3 aromatic rings. The maximum Gasteiger partial charge on any atom is 0.573 e. The van der Waals surface area contributed by atoms with Crippen molar-refractivity contribution in [1.29, 1.82) is 0 Å². The van der Waals surface area contributed by atoms with Crippen LogP contribution in [0, 0.1) is 10.1 Å². The smallest absolute Gasteiger partial charge is 0.467 e. The predicted molar refractivity (Wildman–Crippen MR) is 98.8 cm³/mol. The van der Waals surface area contributed by atoms with Crippen molar-refractivity contribution in [2.45, 2.75) is 23.9 Å². The van der Waals surface area contributed by atoms with Gasteiger partial charge < -0.3 is 14.2 Å². The highest BCUT2D eigenvalue weighted by Crippen LogP contribution is 2.36. The molecule has 0 aliphatic carbocycles. The highest BCUT2D eigenvalue weighted by atomic mass is 32.2. The number of ether oxygens (including phenoxy) is 3. The van der Waals surface area contributed by atoms with Crippen molar-refractivity contribution < 1.29 is 32.3 Å². The minimum atomic E-state index is -4.79. The molecular weight excluding hydrogens is 443 g/mol. The number of hydrogen-bond acceptors (Lipinski definition) is 9. The van der Waals surface area contributed by atoms with Crippen LogP contribution in [0.1, 0.15) is 11.1 Å². The summed E-state index contributed by atoms with van der Waals surface area (Å²) in [7, 11) is 0. The summed E-state index contributed by atoms with van der Waals surface area (Å²) in [5.41, 5.74) is 1.45. The molecule has 0 bridgehead atoms. The average molecular weight is 455 g/mol. The Morgan fingerprint density at radius 3 is 2.74 bits per heavy atom. The lowest BCUT2D eigenvalue weighted by atomic mass is 10.1. The summed E-state index contributed by atoms with van der Waals surface area (Å²) < 4.78 is 52.8. The minimum absolute atomic E-state index is 0.0343. The summed E-state index contributed by atoms with van der Waals surface area (Å²) in [5, 5.41) is 22.9. The molecule has 162 valence electrons. The lowest BCUT2D eigenvalue weighted by molar-refractivity contribution is -0.385. The highest BCUT2D eigenvalue weighted by Gasteiger charge is 2.31. The van der Waals surface area contributed by atoms with Gasteiger partial charge in [0, 0.05) is 29.0 Å². The number of nitro benzene ring substituents is 1. The fourth-order valence-corrected chi connectivity index (χ4v) is 3.71. The van der Waals surface area contributed by atoms with Crippen molar-refractivity contribution in [2.75, 3.05) is 6.79 Å². The van der Waals surface area contributed by atoms with Crippen molar-refractivity contribution in [3.8, 4) is 17.2 Å². The van der Waals surface area contributed by atoms with E-state index in [1.54, 1.807) is 0 Å². The Balaban J connectivity index is 1.55. The summed E-state index contributed by atoms with van der Waals surface area (Å²) in [4.78, 5) is 10.7. The number of fused-ring (bicyclic) bond motifs is 1. The summed E-state index contributed by atoms with van der Waals surface area (Å²) in [5.74, 6) is 0.387. The maximum absolute atomic E-state index is 12.3. The molecular formula is C17H12F3N5O5S. The first-order valence-electron chi connectivity index (χ1n) is 8.58. The molecule has 2 heterocycles. The van der Waals surface area contributed by atoms with Crippen LogP contribution >= 0.6 is 11.8 Å². The Morgan fingerprint density at radius 2 is 2.03 bits per heavy atom. The molecule has 0 saturated carbocycles. The highest BCUT2D eigenvalue weighted by molar-refractivity contribution is 7.98. The van der Waals surface area contributed by atoms with Crippen LogP contribution in [-0.4, -0.2) is 38.3 Å². The van der Waals surface area contributed by atoms with E-state index in [1.807, 2.05) is 0 Å². The zero-order valence-electron chi connectivity index (χ0n) is 15.4. The van der Waals surface area contributed by atoms with Gasteiger partial charge in [-0.25, -0.2) is 0 Å². The summed E-state index contributed by atoms with van der Waals surface area (Å²) in [6.45, 7) is 0.228. The molecule has 1 aliphatic heterocycles. The molecule has 2 aromatic carbocycles. The Hall–Kier alpha value is -3.39. The van der Waals surface area contributed by atoms with Gasteiger partial charge in [-0.05, 0) is 34.7 Å². The Morgan fingerprint density at radius 1 is 1.26 bits per heavy atom. The van der Waals surface area contributed by atoms with Gasteiger partial charge >= 0.3 is 6.36 Å². The maximum atomic E-state index is 12.3. The molecule has 10 nitrogen and oxygen atoms in total. The number of halogens is 3. The third kappa shape index (κ3) is 4.86. The Bertz CT molecular complexity index is 1110. The van der Waals surface area contributed by atoms with Gasteiger partial charge in [-0.15, -0.1) is 18.3 Å². The first-order valence-corrected chi connectivity index (χ1v) is 9.57. The Kier molecular flexibility index (Phi) is 5.65. The minimum Gasteiger partial charge on any atom is -0.467 e. The number of aromatic nitrogens is 4. The molecule has 0 unspecified atom stereocenters. The number of hydrogen-bond donors (Lipinski definition) is 0. The topological polar surface area (TPSA) is 114 Å². The molecule has 0 fully saturated rings. The van der Waals surface area contributed by atoms with Gasteiger partial charge in [0.25, 0.3) is 5.69 Å². The van der Waals surface area contributed by atoms with Gasteiger partial charge in [0.1, 0.15) is 11.5 Å². The molecule has 4 rings (SSSR count). The van der Waals surface area contributed by atoms with Crippen molar-refractivity contribution >= 4 is 17.4 Å². The van der Waals surface area contributed by atoms with Gasteiger partial charge in [-0.2, -0.15) is 4.68 Å². The van der Waals surface area contributed by atoms with E-state index in [4.69, 9.17) is 9.47 Å². The van der Waals surface area contributed by atoms with E-state index in [1.165, 1.54) is 40.7 Å². The Labute approximate surface area is 176 Å². The molecule has 14 heteroatoms. The van der Waals surface area contributed by atoms with Crippen molar-refractivity contribution in [3.05, 3.63) is 57.6 Å². The van der Waals surface area contributed by atoms with Crippen molar-refractivity contribution in [3.63, 3.8) is 0 Å². The number of nitro groups is 1. The van der Waals surface area contributed by atoms with E-state index >= 15 is 0 Å². The predicted octanol–water partition coefficient (Wildman–Crippen LogP) is 3.63. The third-order valence-electron chi connectivity index (χ3n) is 4.10. The van der Waals surface area contributed by atoms with Gasteiger partial charge in [0.05, 0.1) is 17.2 Å². The molecule has 0 atom stereocenters. The van der Waals surface area contributed by atoms with E-state index in [2.05, 4.69) is 20.3 Å². The molecule has 1 aliphatic rings. The van der Waals surface area contributed by atoms with Crippen LogP contribution in [-0.2, 0) is 17.1 Å². The van der Waals surface area contributed by atoms with Crippen molar-refractivity contribution in [2.24, 2.45) is 0 Å². The second-order valence-corrected chi connectivity index (χ2v) is 7.11. The second kappa shape index (κ2) is 8.39. The number of tetrazole rings is 1. The van der Waals surface area contributed by atoms with E-state index in [9.17, 15) is 23.3 Å². The first-order chi connectivity index (χ1) is 14.8. The van der Waals surface area contributed by atoms with E-state index in [-0.39, 0.29) is 30.6 Å². The quantitative estimate of drug-likeness (QED) is 0.312. The van der Waals surface area contributed by atoms with Crippen LogP contribution in [0.25, 0.3) is 5.69 Å². The summed E-state index contributed by atoms with van der Waals surface area (Å²) in [6.07, 6.45) is -4.79. The largest absolute Gasteiger partial charge is 0.573 e. The van der Waals surface area contributed by atoms with Crippen molar-refractivity contribution in [1.82, 2.24) is 20.2 Å². The van der Waals surface area contributed by atoms with Gasteiger partial charge in [-0.3, -0.25) is 10.1 Å². The monoisotopic (exact) mass is 455 g/mol. The number of alkyl halides is 3. The molecule has 0 saturated heterocycles. The third-order valence-corrected chi connectivity index (χ3v) is 5.06. The summed E-state index contributed by atoms with van der Waals surface area (Å²) in [6, 6.07) is 7.84. The SMILES string of the molecule is O=[N+]([O-])c1cc2c(c(CSc3nnnn3-c3ccc(OC(F)(F)F)cc3)c1)OCOC2. The van der Waals surface area contributed by atoms with Crippen LogP contribution in [0.2, 0.25) is 0 Å². The molecule has 0 N–H and O–H groups in total. The fourth-order valence-electron chi connectivity index (χ4n) is 2.86. The number of non-ortho nitro benzene ring substituents is 1. The van der Waals surface area contributed by atoms with Crippen LogP contribution in [0.5, 0.6) is 11.5 Å². The van der Waals surface area contributed by atoms with Gasteiger partial charge in [0.2, 0.25) is 5.16 Å². The molecule has 31 heavy (non-hydrogen) atoms. The van der Waals surface area contributed by atoms with Crippen LogP contribution in [0.3, 0.4) is 0 Å². The lowest BCUT2D eigenvalue weighted by Gasteiger charge is -2.20. The second-order valence-electron chi connectivity index (χ2n) is 6.16.